The zero-order chi connectivity index (χ0) is 27.0. The number of amides is 1. The lowest BCUT2D eigenvalue weighted by molar-refractivity contribution is 0.0218. The fraction of sp³-hybridized carbons (Fsp3) is 0.385. The number of hydrogen-bond donors (Lipinski definition) is 2. The molecule has 0 saturated carbocycles. The summed E-state index contributed by atoms with van der Waals surface area (Å²) >= 11 is 0. The summed E-state index contributed by atoms with van der Waals surface area (Å²) in [4.78, 5) is 34.2. The summed E-state index contributed by atoms with van der Waals surface area (Å²) in [5.41, 5.74) is 0.126. The SMILES string of the molecule is Cc1nc(N2CCN(C(=O)OC(C)(C)C)C[C@@H]2C)cc(-n2nc(Nc3cnccn3)c3ccc(O)cc32)n1. The Labute approximate surface area is 220 Å². The molecule has 1 amide bonds. The lowest BCUT2D eigenvalue weighted by atomic mass is 10.2. The third-order valence-electron chi connectivity index (χ3n) is 6.08. The van der Waals surface area contributed by atoms with Gasteiger partial charge >= 0.3 is 6.09 Å². The van der Waals surface area contributed by atoms with Crippen molar-refractivity contribution in [3.05, 3.63) is 48.7 Å². The van der Waals surface area contributed by atoms with Crippen molar-refractivity contribution in [2.75, 3.05) is 29.9 Å². The summed E-state index contributed by atoms with van der Waals surface area (Å²) in [5.74, 6) is 3.07. The van der Waals surface area contributed by atoms with Crippen LogP contribution in [0.5, 0.6) is 5.75 Å². The van der Waals surface area contributed by atoms with Gasteiger partial charge in [-0.1, -0.05) is 0 Å². The zero-order valence-corrected chi connectivity index (χ0v) is 22.1. The van der Waals surface area contributed by atoms with Crippen LogP contribution in [0.15, 0.2) is 42.9 Å². The molecule has 1 aromatic carbocycles. The highest BCUT2D eigenvalue weighted by molar-refractivity contribution is 5.93. The zero-order valence-electron chi connectivity index (χ0n) is 22.1. The van der Waals surface area contributed by atoms with Crippen LogP contribution in [-0.4, -0.2) is 77.1 Å². The molecule has 2 N–H and O–H groups in total. The molecule has 4 aromatic rings. The maximum Gasteiger partial charge on any atom is 0.410 e. The number of anilines is 3. The van der Waals surface area contributed by atoms with Crippen molar-refractivity contribution in [2.45, 2.75) is 46.3 Å². The Morgan fingerprint density at radius 2 is 1.92 bits per heavy atom. The number of nitrogens with zero attached hydrogens (tertiary/aromatic N) is 8. The number of phenolic OH excluding ortho intramolecular Hbond substituents is 1. The first-order valence-corrected chi connectivity index (χ1v) is 12.4. The summed E-state index contributed by atoms with van der Waals surface area (Å²) in [5, 5.41) is 19.0. The van der Waals surface area contributed by atoms with E-state index >= 15 is 0 Å². The van der Waals surface area contributed by atoms with Crippen LogP contribution in [0.3, 0.4) is 0 Å². The average Bonchev–Trinajstić information content (AvgIpc) is 3.20. The van der Waals surface area contributed by atoms with Crippen LogP contribution in [0.1, 0.15) is 33.5 Å². The number of carbonyl (C=O) groups excluding carboxylic acids is 1. The van der Waals surface area contributed by atoms with E-state index in [1.54, 1.807) is 46.4 Å². The summed E-state index contributed by atoms with van der Waals surface area (Å²) < 4.78 is 7.23. The normalized spacial score (nSPS) is 16.1. The van der Waals surface area contributed by atoms with E-state index in [0.29, 0.717) is 48.4 Å². The molecule has 0 spiro atoms. The molecule has 38 heavy (non-hydrogen) atoms. The molecule has 1 saturated heterocycles. The van der Waals surface area contributed by atoms with E-state index in [9.17, 15) is 9.90 Å². The molecule has 12 heteroatoms. The lowest BCUT2D eigenvalue weighted by Crippen LogP contribution is -2.54. The van der Waals surface area contributed by atoms with Crippen LogP contribution in [-0.2, 0) is 4.74 Å². The van der Waals surface area contributed by atoms with Gasteiger partial charge in [0.15, 0.2) is 11.6 Å². The topological polar surface area (TPSA) is 134 Å². The molecule has 0 bridgehead atoms. The lowest BCUT2D eigenvalue weighted by Gasteiger charge is -2.40. The van der Waals surface area contributed by atoms with Gasteiger partial charge < -0.3 is 25.0 Å². The Hall–Kier alpha value is -4.48. The summed E-state index contributed by atoms with van der Waals surface area (Å²) in [6.45, 7) is 11.1. The van der Waals surface area contributed by atoms with E-state index in [0.717, 1.165) is 11.2 Å². The molecule has 1 atom stereocenters. The third-order valence-corrected chi connectivity index (χ3v) is 6.08. The first-order chi connectivity index (χ1) is 18.1. The molecule has 4 heterocycles. The predicted molar refractivity (Wildman–Crippen MR) is 143 cm³/mol. The number of phenols is 1. The Bertz CT molecular complexity index is 1470. The van der Waals surface area contributed by atoms with Crippen molar-refractivity contribution in [1.82, 2.24) is 34.6 Å². The standard InChI is InChI=1S/C26H31N9O3/c1-16-15-33(25(37)38-26(3,4)5)10-11-34(16)22-13-23(30-17(2)29-22)35-20-12-18(36)6-7-19(20)24(32-35)31-21-14-27-8-9-28-21/h6-9,12-14,16,36H,10-11,15H2,1-5H3,(H,28,31,32)/t16-/m0/s1. The molecule has 3 aromatic heterocycles. The fourth-order valence-corrected chi connectivity index (χ4v) is 4.44. The molecule has 0 unspecified atom stereocenters. The first-order valence-electron chi connectivity index (χ1n) is 12.4. The van der Waals surface area contributed by atoms with Gasteiger partial charge in [-0.3, -0.25) is 4.98 Å². The highest BCUT2D eigenvalue weighted by Gasteiger charge is 2.31. The Kier molecular flexibility index (Phi) is 6.47. The Morgan fingerprint density at radius 3 is 2.63 bits per heavy atom. The second kappa shape index (κ2) is 9.77. The molecule has 1 fully saturated rings. The van der Waals surface area contributed by atoms with Crippen molar-refractivity contribution in [3.8, 4) is 11.6 Å². The second-order valence-electron chi connectivity index (χ2n) is 10.3. The summed E-state index contributed by atoms with van der Waals surface area (Å²) in [6, 6.07) is 6.92. The number of aromatic hydroxyl groups is 1. The second-order valence-corrected chi connectivity index (χ2v) is 10.3. The minimum atomic E-state index is -0.544. The number of carbonyl (C=O) groups is 1. The first kappa shape index (κ1) is 25.2. The minimum absolute atomic E-state index is 0.00529. The van der Waals surface area contributed by atoms with Crippen LogP contribution in [0.25, 0.3) is 16.7 Å². The average molecular weight is 518 g/mol. The number of hydrogen-bond acceptors (Lipinski definition) is 10. The van der Waals surface area contributed by atoms with Gasteiger partial charge in [-0.2, -0.15) is 0 Å². The van der Waals surface area contributed by atoms with Crippen molar-refractivity contribution in [3.63, 3.8) is 0 Å². The van der Waals surface area contributed by atoms with Crippen molar-refractivity contribution in [1.29, 1.82) is 0 Å². The summed E-state index contributed by atoms with van der Waals surface area (Å²) in [7, 11) is 0. The Morgan fingerprint density at radius 1 is 1.13 bits per heavy atom. The molecule has 1 aliphatic rings. The van der Waals surface area contributed by atoms with E-state index < -0.39 is 5.60 Å². The van der Waals surface area contributed by atoms with Crippen LogP contribution in [0.4, 0.5) is 22.2 Å². The smallest absolute Gasteiger partial charge is 0.410 e. The molecule has 198 valence electrons. The number of benzene rings is 1. The third kappa shape index (κ3) is 5.29. The van der Waals surface area contributed by atoms with Crippen molar-refractivity contribution in [2.24, 2.45) is 0 Å². The molecular weight excluding hydrogens is 486 g/mol. The number of rotatable bonds is 4. The largest absolute Gasteiger partial charge is 0.508 e. The number of piperazine rings is 1. The number of nitrogens with one attached hydrogen (secondary N) is 1. The molecule has 0 aliphatic carbocycles. The number of aromatic nitrogens is 6. The number of aryl methyl sites for hydroxylation is 1. The molecule has 0 radical (unpaired) electrons. The van der Waals surface area contributed by atoms with Gasteiger partial charge in [-0.05, 0) is 46.8 Å². The van der Waals surface area contributed by atoms with Crippen molar-refractivity contribution >= 4 is 34.4 Å². The molecule has 1 aliphatic heterocycles. The predicted octanol–water partition coefficient (Wildman–Crippen LogP) is 3.81. The number of fused-ring (bicyclic) bond motifs is 1. The van der Waals surface area contributed by atoms with Crippen LogP contribution >= 0.6 is 0 Å². The quantitative estimate of drug-likeness (QED) is 0.411. The van der Waals surface area contributed by atoms with Crippen molar-refractivity contribution < 1.29 is 14.6 Å². The van der Waals surface area contributed by atoms with Gasteiger partial charge in [0.25, 0.3) is 0 Å². The van der Waals surface area contributed by atoms with Gasteiger partial charge in [0.05, 0.1) is 11.7 Å². The van der Waals surface area contributed by atoms with Gasteiger partial charge in [0.1, 0.15) is 28.8 Å². The maximum absolute atomic E-state index is 12.6. The van der Waals surface area contributed by atoms with Gasteiger partial charge in [-0.15, -0.1) is 5.10 Å². The number of ether oxygens (including phenoxy) is 1. The molecule has 12 nitrogen and oxygen atoms in total. The summed E-state index contributed by atoms with van der Waals surface area (Å²) in [6.07, 6.45) is 4.49. The highest BCUT2D eigenvalue weighted by atomic mass is 16.6. The van der Waals surface area contributed by atoms with Crippen LogP contribution in [0.2, 0.25) is 0 Å². The van der Waals surface area contributed by atoms with Gasteiger partial charge in [-0.25, -0.2) is 24.4 Å². The van der Waals surface area contributed by atoms with Gasteiger partial charge in [0, 0.05) is 55.6 Å². The van der Waals surface area contributed by atoms with E-state index in [2.05, 4.69) is 32.1 Å². The van der Waals surface area contributed by atoms with E-state index in [4.69, 9.17) is 14.8 Å². The van der Waals surface area contributed by atoms with Gasteiger partial charge in [0.2, 0.25) is 0 Å². The van der Waals surface area contributed by atoms with E-state index in [1.807, 2.05) is 33.8 Å². The highest BCUT2D eigenvalue weighted by Crippen LogP contribution is 2.31. The molecule has 5 rings (SSSR count). The minimum Gasteiger partial charge on any atom is -0.508 e. The van der Waals surface area contributed by atoms with E-state index in [-0.39, 0.29) is 17.9 Å². The van der Waals surface area contributed by atoms with Crippen LogP contribution < -0.4 is 10.2 Å². The monoisotopic (exact) mass is 517 g/mol. The molecular formula is C26H31N9O3. The fourth-order valence-electron chi connectivity index (χ4n) is 4.44. The van der Waals surface area contributed by atoms with Crippen LogP contribution in [0, 0.1) is 6.92 Å². The van der Waals surface area contributed by atoms with E-state index in [1.165, 1.54) is 0 Å². The Balaban J connectivity index is 1.46. The maximum atomic E-state index is 12.6.